The Hall–Kier alpha value is -2.50. The molecular weight excluding hydrogens is 338 g/mol. The van der Waals surface area contributed by atoms with Crippen molar-refractivity contribution in [1.29, 1.82) is 0 Å². The molecule has 6 nitrogen and oxygen atoms in total. The lowest BCUT2D eigenvalue weighted by molar-refractivity contribution is 0.0396. The van der Waals surface area contributed by atoms with Gasteiger partial charge in [-0.25, -0.2) is 4.98 Å². The van der Waals surface area contributed by atoms with E-state index in [1.165, 1.54) is 18.4 Å². The normalized spacial score (nSPS) is 20.9. The van der Waals surface area contributed by atoms with Gasteiger partial charge >= 0.3 is 0 Å². The van der Waals surface area contributed by atoms with Crippen LogP contribution in [0.1, 0.15) is 50.6 Å². The SMILES string of the molecule is CCNC(=NCCn1ccnc1)NC1CC2(CCCC2)Oc2ccccc21. The zero-order chi connectivity index (χ0) is 18.5. The number of ether oxygens (including phenoxy) is 1. The van der Waals surface area contributed by atoms with Crippen LogP contribution in [0, 0.1) is 0 Å². The fourth-order valence-electron chi connectivity index (χ4n) is 4.25. The average Bonchev–Trinajstić information content (AvgIpc) is 3.34. The Balaban J connectivity index is 1.50. The molecule has 2 aromatic rings. The summed E-state index contributed by atoms with van der Waals surface area (Å²) in [4.78, 5) is 8.86. The number of hydrogen-bond donors (Lipinski definition) is 2. The number of nitrogens with zero attached hydrogens (tertiary/aromatic N) is 3. The minimum Gasteiger partial charge on any atom is -0.487 e. The molecule has 0 amide bonds. The highest BCUT2D eigenvalue weighted by molar-refractivity contribution is 5.80. The third-order valence-electron chi connectivity index (χ3n) is 5.55. The number of para-hydroxylation sites is 1. The Morgan fingerprint density at radius 3 is 2.96 bits per heavy atom. The minimum atomic E-state index is -0.0137. The van der Waals surface area contributed by atoms with Gasteiger partial charge in [-0.3, -0.25) is 4.99 Å². The molecule has 0 radical (unpaired) electrons. The van der Waals surface area contributed by atoms with Crippen molar-refractivity contribution in [2.24, 2.45) is 4.99 Å². The van der Waals surface area contributed by atoms with E-state index in [-0.39, 0.29) is 11.6 Å². The molecular formula is C21H29N5O. The summed E-state index contributed by atoms with van der Waals surface area (Å²) in [7, 11) is 0. The van der Waals surface area contributed by atoms with Gasteiger partial charge in [-0.05, 0) is 38.7 Å². The highest BCUT2D eigenvalue weighted by atomic mass is 16.5. The van der Waals surface area contributed by atoms with Gasteiger partial charge in [-0.15, -0.1) is 0 Å². The molecule has 0 bridgehead atoms. The van der Waals surface area contributed by atoms with E-state index in [0.717, 1.165) is 44.1 Å². The van der Waals surface area contributed by atoms with Crippen molar-refractivity contribution < 1.29 is 4.74 Å². The van der Waals surface area contributed by atoms with E-state index in [9.17, 15) is 0 Å². The molecule has 144 valence electrons. The number of aromatic nitrogens is 2. The first-order valence-corrected chi connectivity index (χ1v) is 10.1. The maximum absolute atomic E-state index is 6.47. The Morgan fingerprint density at radius 2 is 2.19 bits per heavy atom. The molecule has 2 aliphatic rings. The first kappa shape index (κ1) is 17.9. The smallest absolute Gasteiger partial charge is 0.191 e. The van der Waals surface area contributed by atoms with E-state index in [1.54, 1.807) is 6.20 Å². The first-order chi connectivity index (χ1) is 13.3. The van der Waals surface area contributed by atoms with E-state index in [0.29, 0.717) is 6.54 Å². The summed E-state index contributed by atoms with van der Waals surface area (Å²) in [5.74, 6) is 1.89. The summed E-state index contributed by atoms with van der Waals surface area (Å²) in [6, 6.07) is 8.65. The number of nitrogens with one attached hydrogen (secondary N) is 2. The van der Waals surface area contributed by atoms with Gasteiger partial charge in [0.1, 0.15) is 11.4 Å². The lowest BCUT2D eigenvalue weighted by atomic mass is 9.86. The fraction of sp³-hybridized carbons (Fsp3) is 0.524. The van der Waals surface area contributed by atoms with E-state index in [1.807, 2.05) is 17.1 Å². The quantitative estimate of drug-likeness (QED) is 0.629. The van der Waals surface area contributed by atoms with E-state index in [4.69, 9.17) is 9.73 Å². The Kier molecular flexibility index (Phi) is 5.32. The fourth-order valence-corrected chi connectivity index (χ4v) is 4.25. The van der Waals surface area contributed by atoms with Gasteiger partial charge in [0.2, 0.25) is 0 Å². The first-order valence-electron chi connectivity index (χ1n) is 10.1. The maximum atomic E-state index is 6.47. The number of fused-ring (bicyclic) bond motifs is 1. The number of benzene rings is 1. The zero-order valence-corrected chi connectivity index (χ0v) is 16.0. The zero-order valence-electron chi connectivity index (χ0n) is 16.0. The highest BCUT2D eigenvalue weighted by Gasteiger charge is 2.43. The highest BCUT2D eigenvalue weighted by Crippen LogP contribution is 2.46. The molecule has 1 aromatic heterocycles. The minimum absolute atomic E-state index is 0.0137. The van der Waals surface area contributed by atoms with Crippen LogP contribution in [-0.2, 0) is 6.54 Å². The molecule has 2 N–H and O–H groups in total. The van der Waals surface area contributed by atoms with Crippen LogP contribution in [-0.4, -0.2) is 34.2 Å². The van der Waals surface area contributed by atoms with Gasteiger partial charge in [0.05, 0.1) is 18.9 Å². The Bertz CT molecular complexity index is 765. The molecule has 27 heavy (non-hydrogen) atoms. The molecule has 1 fully saturated rings. The van der Waals surface area contributed by atoms with Crippen molar-refractivity contribution in [2.75, 3.05) is 13.1 Å². The summed E-state index contributed by atoms with van der Waals surface area (Å²) in [6.45, 7) is 4.48. The Labute approximate surface area is 161 Å². The summed E-state index contributed by atoms with van der Waals surface area (Å²) >= 11 is 0. The number of imidazole rings is 1. The van der Waals surface area contributed by atoms with E-state index in [2.05, 4.69) is 46.8 Å². The Morgan fingerprint density at radius 1 is 1.33 bits per heavy atom. The predicted octanol–water partition coefficient (Wildman–Crippen LogP) is 3.27. The molecule has 1 unspecified atom stereocenters. The van der Waals surface area contributed by atoms with Crippen molar-refractivity contribution in [3.63, 3.8) is 0 Å². The van der Waals surface area contributed by atoms with Crippen molar-refractivity contribution >= 4 is 5.96 Å². The van der Waals surface area contributed by atoms with Gasteiger partial charge in [-0.2, -0.15) is 0 Å². The number of aliphatic imine (C=N–C) groups is 1. The summed E-state index contributed by atoms with van der Waals surface area (Å²) < 4.78 is 8.52. The van der Waals surface area contributed by atoms with Crippen LogP contribution in [0.5, 0.6) is 5.75 Å². The van der Waals surface area contributed by atoms with E-state index >= 15 is 0 Å². The van der Waals surface area contributed by atoms with Gasteiger partial charge in [0, 0.05) is 37.5 Å². The van der Waals surface area contributed by atoms with Crippen molar-refractivity contribution in [2.45, 2.75) is 57.2 Å². The van der Waals surface area contributed by atoms with Crippen LogP contribution >= 0.6 is 0 Å². The van der Waals surface area contributed by atoms with Crippen LogP contribution in [0.25, 0.3) is 0 Å². The summed E-state index contributed by atoms with van der Waals surface area (Å²) in [5.41, 5.74) is 1.22. The second-order valence-corrected chi connectivity index (χ2v) is 7.49. The van der Waals surface area contributed by atoms with Crippen molar-refractivity contribution in [1.82, 2.24) is 20.2 Å². The maximum Gasteiger partial charge on any atom is 0.191 e. The second kappa shape index (κ2) is 8.03. The molecule has 0 saturated heterocycles. The molecule has 1 atom stereocenters. The average molecular weight is 367 g/mol. The third kappa shape index (κ3) is 4.10. The molecule has 1 aliphatic carbocycles. The predicted molar refractivity (Wildman–Crippen MR) is 107 cm³/mol. The van der Waals surface area contributed by atoms with E-state index < -0.39 is 0 Å². The molecule has 1 aliphatic heterocycles. The molecule has 1 saturated carbocycles. The van der Waals surface area contributed by atoms with Crippen LogP contribution in [0.2, 0.25) is 0 Å². The molecule has 2 heterocycles. The molecule has 6 heteroatoms. The standard InChI is InChI=1S/C21H29N5O/c1-2-23-20(24-12-14-26-13-11-22-16-26)25-18-15-21(9-5-6-10-21)27-19-8-4-3-7-17(18)19/h3-4,7-8,11,13,16,18H,2,5-6,9-10,12,14-15H2,1H3,(H2,23,24,25). The largest absolute Gasteiger partial charge is 0.487 e. The topological polar surface area (TPSA) is 63.5 Å². The molecule has 1 spiro atoms. The van der Waals surface area contributed by atoms with Crippen LogP contribution < -0.4 is 15.4 Å². The molecule has 4 rings (SSSR count). The van der Waals surface area contributed by atoms with Crippen molar-refractivity contribution in [3.8, 4) is 5.75 Å². The van der Waals surface area contributed by atoms with Gasteiger partial charge in [-0.1, -0.05) is 18.2 Å². The summed E-state index contributed by atoms with van der Waals surface area (Å²) in [6.07, 6.45) is 11.4. The van der Waals surface area contributed by atoms with Gasteiger partial charge < -0.3 is 19.9 Å². The summed E-state index contributed by atoms with van der Waals surface area (Å²) in [5, 5.41) is 7.07. The number of guanidine groups is 1. The second-order valence-electron chi connectivity index (χ2n) is 7.49. The van der Waals surface area contributed by atoms with Crippen LogP contribution in [0.4, 0.5) is 0 Å². The third-order valence-corrected chi connectivity index (χ3v) is 5.55. The van der Waals surface area contributed by atoms with Crippen LogP contribution in [0.3, 0.4) is 0 Å². The monoisotopic (exact) mass is 367 g/mol. The van der Waals surface area contributed by atoms with Crippen LogP contribution in [0.15, 0.2) is 48.0 Å². The number of hydrogen-bond acceptors (Lipinski definition) is 3. The lowest BCUT2D eigenvalue weighted by Gasteiger charge is -2.40. The lowest BCUT2D eigenvalue weighted by Crippen LogP contribution is -2.46. The molecule has 1 aromatic carbocycles. The van der Waals surface area contributed by atoms with Gasteiger partial charge in [0.15, 0.2) is 5.96 Å². The van der Waals surface area contributed by atoms with Gasteiger partial charge in [0.25, 0.3) is 0 Å². The number of rotatable bonds is 5. The van der Waals surface area contributed by atoms with Crippen molar-refractivity contribution in [3.05, 3.63) is 48.5 Å².